The molecule has 1 aliphatic rings. The molecule has 0 aliphatic carbocycles. The molecule has 1 atom stereocenters. The van der Waals surface area contributed by atoms with Gasteiger partial charge in [-0.15, -0.1) is 5.10 Å². The number of ether oxygens (including phenoxy) is 1. The molecule has 7 heteroatoms. The van der Waals surface area contributed by atoms with Crippen LogP contribution in [-0.2, 0) is 7.05 Å². The van der Waals surface area contributed by atoms with Crippen LogP contribution >= 0.6 is 23.4 Å². The van der Waals surface area contributed by atoms with Crippen molar-refractivity contribution in [2.45, 2.75) is 11.7 Å². The van der Waals surface area contributed by atoms with Gasteiger partial charge in [0.15, 0.2) is 0 Å². The highest BCUT2D eigenvalue weighted by Gasteiger charge is 2.26. The van der Waals surface area contributed by atoms with Crippen LogP contribution in [0.25, 0.3) is 0 Å². The van der Waals surface area contributed by atoms with Crippen LogP contribution in [-0.4, -0.2) is 46.5 Å². The number of aromatic nitrogens is 2. The van der Waals surface area contributed by atoms with Crippen molar-refractivity contribution < 1.29 is 9.53 Å². The van der Waals surface area contributed by atoms with E-state index in [1.165, 1.54) is 7.11 Å². The number of aryl methyl sites for hydroxylation is 1. The van der Waals surface area contributed by atoms with E-state index in [-0.39, 0.29) is 5.91 Å². The molecule has 2 heterocycles. The lowest BCUT2D eigenvalue weighted by Crippen LogP contribution is -2.33. The number of nitrogens with zero attached hydrogens (tertiary/aromatic N) is 3. The molecule has 1 aliphatic heterocycles. The average molecular weight is 366 g/mol. The Labute approximate surface area is 150 Å². The van der Waals surface area contributed by atoms with Gasteiger partial charge in [-0.2, -0.15) is 11.8 Å². The second kappa shape index (κ2) is 7.49. The van der Waals surface area contributed by atoms with E-state index >= 15 is 0 Å². The number of hydrogen-bond acceptors (Lipinski definition) is 4. The van der Waals surface area contributed by atoms with E-state index in [1.807, 2.05) is 34.9 Å². The summed E-state index contributed by atoms with van der Waals surface area (Å²) in [5.41, 5.74) is 1.67. The Hall–Kier alpha value is -1.66. The molecular formula is C17H20ClN3O2S. The van der Waals surface area contributed by atoms with Crippen LogP contribution in [0, 0.1) is 0 Å². The first-order chi connectivity index (χ1) is 11.6. The maximum absolute atomic E-state index is 12.8. The monoisotopic (exact) mass is 365 g/mol. The van der Waals surface area contributed by atoms with E-state index in [0.717, 1.165) is 22.8 Å². The van der Waals surface area contributed by atoms with Crippen molar-refractivity contribution in [2.75, 3.05) is 26.0 Å². The van der Waals surface area contributed by atoms with Crippen molar-refractivity contribution in [3.05, 3.63) is 46.6 Å². The minimum Gasteiger partial charge on any atom is -0.479 e. The van der Waals surface area contributed by atoms with E-state index in [1.54, 1.807) is 17.9 Å². The summed E-state index contributed by atoms with van der Waals surface area (Å²) in [4.78, 5) is 14.7. The number of amides is 1. The summed E-state index contributed by atoms with van der Waals surface area (Å²) >= 11 is 8.18. The van der Waals surface area contributed by atoms with Gasteiger partial charge < -0.3 is 9.64 Å². The predicted octanol–water partition coefficient (Wildman–Crippen LogP) is 3.40. The smallest absolute Gasteiger partial charge is 0.261 e. The fourth-order valence-corrected chi connectivity index (χ4v) is 4.49. The summed E-state index contributed by atoms with van der Waals surface area (Å²) in [6.45, 7) is 1.41. The second-order valence-corrected chi connectivity index (χ2v) is 7.41. The van der Waals surface area contributed by atoms with Gasteiger partial charge in [-0.1, -0.05) is 29.8 Å². The molecule has 1 saturated heterocycles. The molecule has 3 rings (SSSR count). The van der Waals surface area contributed by atoms with Gasteiger partial charge in [-0.3, -0.25) is 9.48 Å². The van der Waals surface area contributed by atoms with Crippen molar-refractivity contribution in [3.63, 3.8) is 0 Å². The molecule has 1 fully saturated rings. The topological polar surface area (TPSA) is 47.4 Å². The summed E-state index contributed by atoms with van der Waals surface area (Å²) in [7, 11) is 3.32. The van der Waals surface area contributed by atoms with Gasteiger partial charge >= 0.3 is 0 Å². The van der Waals surface area contributed by atoms with Crippen molar-refractivity contribution in [1.29, 1.82) is 0 Å². The zero-order chi connectivity index (χ0) is 17.1. The second-order valence-electron chi connectivity index (χ2n) is 5.69. The normalized spacial score (nSPS) is 18.3. The summed E-state index contributed by atoms with van der Waals surface area (Å²) in [5.74, 6) is 1.23. The van der Waals surface area contributed by atoms with Crippen LogP contribution in [0.5, 0.6) is 5.88 Å². The maximum Gasteiger partial charge on any atom is 0.261 e. The van der Waals surface area contributed by atoms with E-state index in [4.69, 9.17) is 16.3 Å². The molecule has 5 nitrogen and oxygen atoms in total. The standard InChI is InChI=1S/C17H20ClN3O2S/c1-20-11-13(16(19-20)23-2)17(22)21-8-7-15(24-10-9-21)12-5-3-4-6-14(12)18/h3-6,11,15H,7-10H2,1-2H3/t15-/m1/s1. The lowest BCUT2D eigenvalue weighted by molar-refractivity contribution is 0.0763. The van der Waals surface area contributed by atoms with Gasteiger partial charge in [-0.25, -0.2) is 0 Å². The number of hydrogen-bond donors (Lipinski definition) is 0. The van der Waals surface area contributed by atoms with Crippen molar-refractivity contribution in [1.82, 2.24) is 14.7 Å². The largest absolute Gasteiger partial charge is 0.479 e. The molecular weight excluding hydrogens is 346 g/mol. The van der Waals surface area contributed by atoms with Crippen molar-refractivity contribution in [2.24, 2.45) is 7.05 Å². The average Bonchev–Trinajstić information content (AvgIpc) is 2.80. The number of carbonyl (C=O) groups is 1. The Morgan fingerprint density at radius 1 is 1.38 bits per heavy atom. The fourth-order valence-electron chi connectivity index (χ4n) is 2.89. The first-order valence-corrected chi connectivity index (χ1v) is 9.25. The molecule has 0 spiro atoms. The molecule has 1 aromatic carbocycles. The van der Waals surface area contributed by atoms with Crippen LogP contribution < -0.4 is 4.74 Å². The highest BCUT2D eigenvalue weighted by molar-refractivity contribution is 7.99. The number of methoxy groups -OCH3 is 1. The van der Waals surface area contributed by atoms with Crippen molar-refractivity contribution in [3.8, 4) is 5.88 Å². The number of carbonyl (C=O) groups excluding carboxylic acids is 1. The summed E-state index contributed by atoms with van der Waals surface area (Å²) in [6.07, 6.45) is 2.59. The number of rotatable bonds is 3. The molecule has 24 heavy (non-hydrogen) atoms. The lowest BCUT2D eigenvalue weighted by atomic mass is 10.1. The molecule has 0 saturated carbocycles. The third kappa shape index (κ3) is 3.54. The Kier molecular flexibility index (Phi) is 5.36. The zero-order valence-corrected chi connectivity index (χ0v) is 15.3. The van der Waals surface area contributed by atoms with Gasteiger partial charge in [-0.05, 0) is 18.1 Å². The molecule has 1 aromatic heterocycles. The molecule has 0 unspecified atom stereocenters. The highest BCUT2D eigenvalue weighted by Crippen LogP contribution is 2.38. The number of halogens is 1. The van der Waals surface area contributed by atoms with Gasteiger partial charge in [0.25, 0.3) is 5.91 Å². The molecule has 0 radical (unpaired) electrons. The van der Waals surface area contributed by atoms with E-state index in [0.29, 0.717) is 29.8 Å². The van der Waals surface area contributed by atoms with Crippen LogP contribution in [0.2, 0.25) is 5.02 Å². The van der Waals surface area contributed by atoms with Crippen LogP contribution in [0.1, 0.15) is 27.6 Å². The predicted molar refractivity (Wildman–Crippen MR) is 96.9 cm³/mol. The quantitative estimate of drug-likeness (QED) is 0.836. The SMILES string of the molecule is COc1nn(C)cc1C(=O)N1CCS[C@@H](c2ccccc2Cl)CC1. The van der Waals surface area contributed by atoms with Crippen LogP contribution in [0.3, 0.4) is 0 Å². The number of benzene rings is 1. The number of thioether (sulfide) groups is 1. The minimum atomic E-state index is -0.0274. The maximum atomic E-state index is 12.8. The molecule has 0 N–H and O–H groups in total. The van der Waals surface area contributed by atoms with E-state index in [2.05, 4.69) is 11.2 Å². The summed E-state index contributed by atoms with van der Waals surface area (Å²) < 4.78 is 6.82. The molecule has 1 amide bonds. The molecule has 0 bridgehead atoms. The minimum absolute atomic E-state index is 0.0274. The third-order valence-corrected chi connectivity index (χ3v) is 5.75. The molecule has 2 aromatic rings. The summed E-state index contributed by atoms with van der Waals surface area (Å²) in [6, 6.07) is 7.95. The van der Waals surface area contributed by atoms with Gasteiger partial charge in [0, 0.05) is 42.4 Å². The van der Waals surface area contributed by atoms with E-state index in [9.17, 15) is 4.79 Å². The van der Waals surface area contributed by atoms with Crippen molar-refractivity contribution >= 4 is 29.3 Å². The Morgan fingerprint density at radius 3 is 2.92 bits per heavy atom. The Bertz CT molecular complexity index is 734. The van der Waals surface area contributed by atoms with Gasteiger partial charge in [0.2, 0.25) is 5.88 Å². The first-order valence-electron chi connectivity index (χ1n) is 7.83. The Morgan fingerprint density at radius 2 is 2.17 bits per heavy atom. The third-order valence-electron chi connectivity index (χ3n) is 4.10. The van der Waals surface area contributed by atoms with E-state index < -0.39 is 0 Å². The fraction of sp³-hybridized carbons (Fsp3) is 0.412. The van der Waals surface area contributed by atoms with Crippen LogP contribution in [0.15, 0.2) is 30.5 Å². The lowest BCUT2D eigenvalue weighted by Gasteiger charge is -2.20. The Balaban J connectivity index is 1.73. The zero-order valence-electron chi connectivity index (χ0n) is 13.7. The first kappa shape index (κ1) is 17.2. The van der Waals surface area contributed by atoms with Crippen LogP contribution in [0.4, 0.5) is 0 Å². The van der Waals surface area contributed by atoms with Gasteiger partial charge in [0.05, 0.1) is 7.11 Å². The summed E-state index contributed by atoms with van der Waals surface area (Å²) in [5, 5.41) is 5.27. The molecule has 128 valence electrons. The van der Waals surface area contributed by atoms with Gasteiger partial charge in [0.1, 0.15) is 5.56 Å². The highest BCUT2D eigenvalue weighted by atomic mass is 35.5.